The van der Waals surface area contributed by atoms with Crippen LogP contribution in [0.1, 0.15) is 7.43 Å². The number of hydrogen-bond acceptors (Lipinski definition) is 3. The van der Waals surface area contributed by atoms with Crippen LogP contribution in [0.5, 0.6) is 0 Å². The molecular formula is C5H17N3. The van der Waals surface area contributed by atoms with Crippen molar-refractivity contribution in [2.45, 2.75) is 7.43 Å². The summed E-state index contributed by atoms with van der Waals surface area (Å²) in [5, 5.41) is 6.44. The van der Waals surface area contributed by atoms with Crippen LogP contribution in [0, 0.1) is 0 Å². The lowest BCUT2D eigenvalue weighted by Gasteiger charge is -2.11. The fourth-order valence-electron chi connectivity index (χ4n) is 0.604. The Bertz CT molecular complexity index is 23.1. The van der Waals surface area contributed by atoms with E-state index in [1.807, 2.05) is 0 Å². The van der Waals surface area contributed by atoms with Gasteiger partial charge in [0.25, 0.3) is 0 Å². The van der Waals surface area contributed by atoms with Gasteiger partial charge in [-0.3, -0.25) is 0 Å². The summed E-state index contributed by atoms with van der Waals surface area (Å²) in [4.78, 5) is 0. The Labute approximate surface area is 51.4 Å². The van der Waals surface area contributed by atoms with Crippen molar-refractivity contribution in [2.24, 2.45) is 0 Å². The molecule has 0 aromatic rings. The van der Waals surface area contributed by atoms with E-state index in [2.05, 4.69) is 10.6 Å². The molecule has 0 aromatic heterocycles. The lowest BCUT2D eigenvalue weighted by atomic mass is 10.4. The summed E-state index contributed by atoms with van der Waals surface area (Å²) in [5.74, 6) is 0. The van der Waals surface area contributed by atoms with Crippen molar-refractivity contribution >= 4 is 0 Å². The van der Waals surface area contributed by atoms with Gasteiger partial charge >= 0.3 is 0 Å². The van der Waals surface area contributed by atoms with Gasteiger partial charge in [0.1, 0.15) is 0 Å². The molecule has 0 aromatic carbocycles. The van der Waals surface area contributed by atoms with Gasteiger partial charge < -0.3 is 16.8 Å². The van der Waals surface area contributed by atoms with Crippen LogP contribution in [0.4, 0.5) is 0 Å². The van der Waals surface area contributed by atoms with Gasteiger partial charge in [-0.05, 0) is 0 Å². The van der Waals surface area contributed by atoms with E-state index in [-0.39, 0.29) is 13.6 Å². The molecule has 0 unspecified atom stereocenters. The Hall–Kier alpha value is -0.120. The first-order valence-electron chi connectivity index (χ1n) is 2.41. The normalized spacial score (nSPS) is 18.0. The molecule has 5 N–H and O–H groups in total. The van der Waals surface area contributed by atoms with Gasteiger partial charge in [0, 0.05) is 26.2 Å². The van der Waals surface area contributed by atoms with Crippen molar-refractivity contribution in [3.05, 3.63) is 0 Å². The second kappa shape index (κ2) is 6.88. The molecule has 1 rings (SSSR count). The molecule has 0 aliphatic carbocycles. The Morgan fingerprint density at radius 2 is 1.00 bits per heavy atom. The molecule has 3 nitrogen and oxygen atoms in total. The summed E-state index contributed by atoms with van der Waals surface area (Å²) in [6.45, 7) is 4.56. The fourth-order valence-corrected chi connectivity index (χ4v) is 0.604. The van der Waals surface area contributed by atoms with E-state index in [4.69, 9.17) is 0 Å². The third-order valence-corrected chi connectivity index (χ3v) is 0.957. The van der Waals surface area contributed by atoms with Crippen LogP contribution in [0.3, 0.4) is 0 Å². The van der Waals surface area contributed by atoms with Gasteiger partial charge in [-0.2, -0.15) is 0 Å². The number of rotatable bonds is 0. The van der Waals surface area contributed by atoms with Crippen molar-refractivity contribution < 1.29 is 0 Å². The lowest BCUT2D eigenvalue weighted by Crippen LogP contribution is -2.39. The van der Waals surface area contributed by atoms with Crippen molar-refractivity contribution in [1.82, 2.24) is 16.8 Å². The van der Waals surface area contributed by atoms with Crippen molar-refractivity contribution in [2.75, 3.05) is 26.2 Å². The molecule has 1 fully saturated rings. The zero-order chi connectivity index (χ0) is 4.24. The Morgan fingerprint density at radius 1 is 0.750 bits per heavy atom. The number of nitrogens with one attached hydrogen (secondary N) is 2. The maximum Gasteiger partial charge on any atom is 0.00772 e. The fraction of sp³-hybridized carbons (Fsp3) is 1.00. The van der Waals surface area contributed by atoms with Crippen LogP contribution in [0.25, 0.3) is 0 Å². The minimum absolute atomic E-state index is 0. The van der Waals surface area contributed by atoms with E-state index in [1.165, 1.54) is 0 Å². The quantitative estimate of drug-likeness (QED) is 0.420. The molecule has 1 saturated heterocycles. The average molecular weight is 119 g/mol. The molecular weight excluding hydrogens is 102 g/mol. The van der Waals surface area contributed by atoms with Crippen molar-refractivity contribution in [3.63, 3.8) is 0 Å². The summed E-state index contributed by atoms with van der Waals surface area (Å²) in [7, 11) is 0. The zero-order valence-electron chi connectivity index (χ0n) is 4.54. The highest BCUT2D eigenvalue weighted by atomic mass is 15.0. The van der Waals surface area contributed by atoms with Crippen LogP contribution < -0.4 is 16.8 Å². The van der Waals surface area contributed by atoms with Crippen molar-refractivity contribution in [1.29, 1.82) is 0 Å². The summed E-state index contributed by atoms with van der Waals surface area (Å²) in [6, 6.07) is 0. The van der Waals surface area contributed by atoms with E-state index < -0.39 is 0 Å². The van der Waals surface area contributed by atoms with E-state index in [0.29, 0.717) is 0 Å². The maximum absolute atomic E-state index is 3.22. The highest BCUT2D eigenvalue weighted by Crippen LogP contribution is 1.65. The molecule has 8 heavy (non-hydrogen) atoms. The molecule has 1 aliphatic heterocycles. The molecule has 0 saturated carbocycles. The SMILES string of the molecule is C.C1CNCCN1.N. The molecule has 3 heteroatoms. The van der Waals surface area contributed by atoms with Crippen LogP contribution in [0.2, 0.25) is 0 Å². The molecule has 0 radical (unpaired) electrons. The first kappa shape index (κ1) is 10.8. The molecule has 0 amide bonds. The second-order valence-corrected chi connectivity index (χ2v) is 1.50. The Balaban J connectivity index is 0. The molecule has 0 atom stereocenters. The summed E-state index contributed by atoms with van der Waals surface area (Å²) < 4.78 is 0. The summed E-state index contributed by atoms with van der Waals surface area (Å²) in [6.07, 6.45) is 0. The van der Waals surface area contributed by atoms with Gasteiger partial charge in [-0.25, -0.2) is 0 Å². The lowest BCUT2D eigenvalue weighted by molar-refractivity contribution is 0.534. The third-order valence-electron chi connectivity index (χ3n) is 0.957. The smallest absolute Gasteiger partial charge is 0.00772 e. The summed E-state index contributed by atoms with van der Waals surface area (Å²) in [5.41, 5.74) is 0. The van der Waals surface area contributed by atoms with Gasteiger partial charge in [-0.1, -0.05) is 7.43 Å². The van der Waals surface area contributed by atoms with Crippen molar-refractivity contribution in [3.8, 4) is 0 Å². The zero-order valence-corrected chi connectivity index (χ0v) is 4.54. The number of piperazine rings is 1. The minimum atomic E-state index is 0. The Kier molecular flexibility index (Phi) is 9.28. The predicted octanol–water partition coefficient (Wildman–Crippen LogP) is -0.0227. The molecule has 0 bridgehead atoms. The van der Waals surface area contributed by atoms with Gasteiger partial charge in [0.05, 0.1) is 0 Å². The predicted molar refractivity (Wildman–Crippen MR) is 37.5 cm³/mol. The Morgan fingerprint density at radius 3 is 1.12 bits per heavy atom. The molecule has 1 aliphatic rings. The largest absolute Gasteiger partial charge is 0.344 e. The van der Waals surface area contributed by atoms with Crippen LogP contribution >= 0.6 is 0 Å². The molecule has 0 spiro atoms. The standard InChI is InChI=1S/C4H10N2.CH4.H3N/c1-2-6-4-3-5-1;;/h5-6H,1-4H2;1H4;1H3. The van der Waals surface area contributed by atoms with Crippen LogP contribution in [0.15, 0.2) is 0 Å². The topological polar surface area (TPSA) is 59.1 Å². The first-order chi connectivity index (χ1) is 3.00. The monoisotopic (exact) mass is 119 g/mol. The van der Waals surface area contributed by atoms with E-state index >= 15 is 0 Å². The summed E-state index contributed by atoms with van der Waals surface area (Å²) >= 11 is 0. The molecule has 1 heterocycles. The second-order valence-electron chi connectivity index (χ2n) is 1.50. The minimum Gasteiger partial charge on any atom is -0.344 e. The van der Waals surface area contributed by atoms with Gasteiger partial charge in [-0.15, -0.1) is 0 Å². The highest BCUT2D eigenvalue weighted by molar-refractivity contribution is 4.59. The van der Waals surface area contributed by atoms with Crippen LogP contribution in [-0.2, 0) is 0 Å². The average Bonchev–Trinajstić information content (AvgIpc) is 1.72. The van der Waals surface area contributed by atoms with Gasteiger partial charge in [0.2, 0.25) is 0 Å². The van der Waals surface area contributed by atoms with E-state index in [0.717, 1.165) is 26.2 Å². The number of hydrogen-bond donors (Lipinski definition) is 3. The molecule has 52 valence electrons. The third kappa shape index (κ3) is 4.05. The first-order valence-corrected chi connectivity index (χ1v) is 2.41. The maximum atomic E-state index is 3.22. The van der Waals surface area contributed by atoms with E-state index in [1.54, 1.807) is 0 Å². The van der Waals surface area contributed by atoms with Gasteiger partial charge in [0.15, 0.2) is 0 Å². The van der Waals surface area contributed by atoms with Crippen LogP contribution in [-0.4, -0.2) is 26.2 Å². The van der Waals surface area contributed by atoms with E-state index in [9.17, 15) is 0 Å². The highest BCUT2D eigenvalue weighted by Gasteiger charge is 1.91.